The quantitative estimate of drug-likeness (QED) is 0.516. The van der Waals surface area contributed by atoms with Crippen molar-refractivity contribution in [3.8, 4) is 5.75 Å². The lowest BCUT2D eigenvalue weighted by Gasteiger charge is -2.11. The molecule has 0 atom stereocenters. The summed E-state index contributed by atoms with van der Waals surface area (Å²) >= 11 is 0. The molecule has 0 saturated carbocycles. The van der Waals surface area contributed by atoms with Crippen LogP contribution in [-0.4, -0.2) is 27.5 Å². The van der Waals surface area contributed by atoms with Crippen LogP contribution in [0, 0.1) is 20.8 Å². The van der Waals surface area contributed by atoms with Gasteiger partial charge in [0.05, 0.1) is 11.4 Å². The first-order chi connectivity index (χ1) is 14.7. The Morgan fingerprint density at radius 2 is 1.65 bits per heavy atom. The maximum absolute atomic E-state index is 12.6. The monoisotopic (exact) mass is 438 g/mol. The van der Waals surface area contributed by atoms with E-state index in [9.17, 15) is 13.2 Å². The molecule has 0 spiro atoms. The molecule has 2 N–H and O–H groups in total. The number of carbonyl (C=O) groups is 1. The SMILES string of the molecule is Cc1cccc(OCCNC(=O)c2ccc(NS(=O)(=O)c3ccc(C)c(C)c3)cc2)c1. The van der Waals surface area contributed by atoms with E-state index in [1.54, 1.807) is 42.5 Å². The largest absolute Gasteiger partial charge is 0.492 e. The second kappa shape index (κ2) is 9.66. The summed E-state index contributed by atoms with van der Waals surface area (Å²) in [6.07, 6.45) is 0. The topological polar surface area (TPSA) is 84.5 Å². The smallest absolute Gasteiger partial charge is 0.261 e. The van der Waals surface area contributed by atoms with Gasteiger partial charge in [0.1, 0.15) is 12.4 Å². The van der Waals surface area contributed by atoms with E-state index >= 15 is 0 Å². The van der Waals surface area contributed by atoms with Crippen LogP contribution in [0.4, 0.5) is 5.69 Å². The molecule has 3 aromatic rings. The van der Waals surface area contributed by atoms with E-state index < -0.39 is 10.0 Å². The van der Waals surface area contributed by atoms with Gasteiger partial charge in [0.2, 0.25) is 0 Å². The maximum Gasteiger partial charge on any atom is 0.261 e. The highest BCUT2D eigenvalue weighted by molar-refractivity contribution is 7.92. The number of benzene rings is 3. The van der Waals surface area contributed by atoms with E-state index in [1.807, 2.05) is 45.0 Å². The molecule has 0 bridgehead atoms. The third-order valence-electron chi connectivity index (χ3n) is 4.83. The van der Waals surface area contributed by atoms with E-state index in [1.165, 1.54) is 0 Å². The van der Waals surface area contributed by atoms with Gasteiger partial charge in [0.25, 0.3) is 15.9 Å². The summed E-state index contributed by atoms with van der Waals surface area (Å²) in [5.74, 6) is 0.506. The van der Waals surface area contributed by atoms with Crippen LogP contribution in [0.3, 0.4) is 0 Å². The molecule has 0 aromatic heterocycles. The van der Waals surface area contributed by atoms with Crippen molar-refractivity contribution >= 4 is 21.6 Å². The zero-order valence-corrected chi connectivity index (χ0v) is 18.6. The molecule has 0 unspecified atom stereocenters. The molecule has 6 nitrogen and oxygen atoms in total. The van der Waals surface area contributed by atoms with Gasteiger partial charge in [0, 0.05) is 11.3 Å². The number of aryl methyl sites for hydroxylation is 3. The van der Waals surface area contributed by atoms with Crippen molar-refractivity contribution in [2.24, 2.45) is 0 Å². The average Bonchev–Trinajstić information content (AvgIpc) is 2.73. The summed E-state index contributed by atoms with van der Waals surface area (Å²) in [5, 5.41) is 2.79. The summed E-state index contributed by atoms with van der Waals surface area (Å²) in [4.78, 5) is 12.5. The number of sulfonamides is 1. The summed E-state index contributed by atoms with van der Waals surface area (Å²) in [7, 11) is -3.70. The lowest BCUT2D eigenvalue weighted by atomic mass is 10.1. The van der Waals surface area contributed by atoms with E-state index in [2.05, 4.69) is 10.0 Å². The molecule has 31 heavy (non-hydrogen) atoms. The lowest BCUT2D eigenvalue weighted by Crippen LogP contribution is -2.28. The molecule has 0 aliphatic rings. The molecule has 7 heteroatoms. The van der Waals surface area contributed by atoms with Gasteiger partial charge in [-0.1, -0.05) is 18.2 Å². The lowest BCUT2D eigenvalue weighted by molar-refractivity contribution is 0.0947. The minimum absolute atomic E-state index is 0.200. The van der Waals surface area contributed by atoms with Crippen LogP contribution in [0.2, 0.25) is 0 Å². The highest BCUT2D eigenvalue weighted by atomic mass is 32.2. The number of amides is 1. The molecule has 162 valence electrons. The molecular weight excluding hydrogens is 412 g/mol. The summed E-state index contributed by atoms with van der Waals surface area (Å²) < 4.78 is 33.3. The zero-order chi connectivity index (χ0) is 22.4. The Labute approximate surface area is 183 Å². The van der Waals surface area contributed by atoms with Crippen molar-refractivity contribution in [2.75, 3.05) is 17.9 Å². The Hall–Kier alpha value is -3.32. The van der Waals surface area contributed by atoms with E-state index in [-0.39, 0.29) is 10.8 Å². The highest BCUT2D eigenvalue weighted by Crippen LogP contribution is 2.19. The first kappa shape index (κ1) is 22.4. The minimum atomic E-state index is -3.70. The molecule has 0 radical (unpaired) electrons. The molecule has 1 amide bonds. The molecule has 0 heterocycles. The van der Waals surface area contributed by atoms with Gasteiger partial charge in [-0.2, -0.15) is 0 Å². The second-order valence-corrected chi connectivity index (χ2v) is 9.03. The van der Waals surface area contributed by atoms with Crippen LogP contribution in [-0.2, 0) is 10.0 Å². The van der Waals surface area contributed by atoms with Crippen LogP contribution in [0.25, 0.3) is 0 Å². The highest BCUT2D eigenvalue weighted by Gasteiger charge is 2.15. The number of nitrogens with one attached hydrogen (secondary N) is 2. The zero-order valence-electron chi connectivity index (χ0n) is 17.8. The van der Waals surface area contributed by atoms with Crippen molar-refractivity contribution in [3.05, 3.63) is 89.0 Å². The average molecular weight is 439 g/mol. The number of hydrogen-bond acceptors (Lipinski definition) is 4. The molecule has 0 saturated heterocycles. The Kier molecular flexibility index (Phi) is 6.97. The molecule has 3 rings (SSSR count). The Morgan fingerprint density at radius 3 is 2.32 bits per heavy atom. The number of hydrogen-bond donors (Lipinski definition) is 2. The van der Waals surface area contributed by atoms with Gasteiger partial charge < -0.3 is 10.1 Å². The number of carbonyl (C=O) groups excluding carboxylic acids is 1. The first-order valence-corrected chi connectivity index (χ1v) is 11.4. The molecule has 0 aliphatic carbocycles. The molecule has 0 aliphatic heterocycles. The maximum atomic E-state index is 12.6. The van der Waals surface area contributed by atoms with Gasteiger partial charge in [0.15, 0.2) is 0 Å². The van der Waals surface area contributed by atoms with E-state index in [4.69, 9.17) is 4.74 Å². The van der Waals surface area contributed by atoms with Crippen molar-refractivity contribution in [1.82, 2.24) is 5.32 Å². The van der Waals surface area contributed by atoms with Crippen molar-refractivity contribution < 1.29 is 17.9 Å². The van der Waals surface area contributed by atoms with Crippen LogP contribution in [0.5, 0.6) is 5.75 Å². The fourth-order valence-corrected chi connectivity index (χ4v) is 4.07. The van der Waals surface area contributed by atoms with Crippen LogP contribution >= 0.6 is 0 Å². The summed E-state index contributed by atoms with van der Waals surface area (Å²) in [6.45, 7) is 6.49. The second-order valence-electron chi connectivity index (χ2n) is 7.35. The number of anilines is 1. The van der Waals surface area contributed by atoms with Crippen LogP contribution < -0.4 is 14.8 Å². The standard InChI is InChI=1S/C24H26N2O4S/c1-17-5-4-6-22(15-17)30-14-13-25-24(27)20-8-10-21(11-9-20)26-31(28,29)23-12-7-18(2)19(3)16-23/h4-12,15-16,26H,13-14H2,1-3H3,(H,25,27). The Bertz CT molecular complexity index is 1170. The van der Waals surface area contributed by atoms with Gasteiger partial charge in [-0.25, -0.2) is 8.42 Å². The van der Waals surface area contributed by atoms with Gasteiger partial charge >= 0.3 is 0 Å². The van der Waals surface area contributed by atoms with Gasteiger partial charge in [-0.05, 0) is 86.0 Å². The van der Waals surface area contributed by atoms with Crippen molar-refractivity contribution in [1.29, 1.82) is 0 Å². The third kappa shape index (κ3) is 6.08. The summed E-state index contributed by atoms with van der Waals surface area (Å²) in [6, 6.07) is 19.0. The third-order valence-corrected chi connectivity index (χ3v) is 6.21. The van der Waals surface area contributed by atoms with Crippen LogP contribution in [0.15, 0.2) is 71.6 Å². The van der Waals surface area contributed by atoms with Crippen molar-refractivity contribution in [2.45, 2.75) is 25.7 Å². The fraction of sp³-hybridized carbons (Fsp3) is 0.208. The Morgan fingerprint density at radius 1 is 0.903 bits per heavy atom. The molecule has 3 aromatic carbocycles. The molecule has 0 fully saturated rings. The van der Waals surface area contributed by atoms with Crippen molar-refractivity contribution in [3.63, 3.8) is 0 Å². The van der Waals surface area contributed by atoms with Gasteiger partial charge in [-0.15, -0.1) is 0 Å². The Balaban J connectivity index is 1.54. The molecular formula is C24H26N2O4S. The van der Waals surface area contributed by atoms with Crippen LogP contribution in [0.1, 0.15) is 27.0 Å². The van der Waals surface area contributed by atoms with Gasteiger partial charge in [-0.3, -0.25) is 9.52 Å². The van der Waals surface area contributed by atoms with E-state index in [0.717, 1.165) is 22.4 Å². The number of rotatable bonds is 8. The predicted octanol–water partition coefficient (Wildman–Crippen LogP) is 4.22. The predicted molar refractivity (Wildman–Crippen MR) is 122 cm³/mol. The summed E-state index contributed by atoms with van der Waals surface area (Å²) in [5.41, 5.74) is 3.86. The first-order valence-electron chi connectivity index (χ1n) is 9.92. The normalized spacial score (nSPS) is 11.1. The number of ether oxygens (including phenoxy) is 1. The fourth-order valence-electron chi connectivity index (χ4n) is 2.93. The minimum Gasteiger partial charge on any atom is -0.492 e. The van der Waals surface area contributed by atoms with E-state index in [0.29, 0.717) is 24.4 Å².